The minimum atomic E-state index is 0.216. The summed E-state index contributed by atoms with van der Waals surface area (Å²) < 4.78 is 5.48. The van der Waals surface area contributed by atoms with E-state index in [4.69, 9.17) is 4.74 Å². The number of fused-ring (bicyclic) bond motifs is 1. The van der Waals surface area contributed by atoms with Crippen molar-refractivity contribution in [2.45, 2.75) is 25.7 Å². The molecule has 1 aromatic rings. The van der Waals surface area contributed by atoms with Gasteiger partial charge in [0.15, 0.2) is 0 Å². The van der Waals surface area contributed by atoms with Crippen molar-refractivity contribution in [2.75, 3.05) is 13.2 Å². The van der Waals surface area contributed by atoms with Crippen molar-refractivity contribution in [2.24, 2.45) is 5.41 Å². The molecule has 0 saturated heterocycles. The van der Waals surface area contributed by atoms with Crippen LogP contribution in [0.4, 0.5) is 0 Å². The van der Waals surface area contributed by atoms with Gasteiger partial charge in [0, 0.05) is 13.0 Å². The number of rotatable bonds is 3. The van der Waals surface area contributed by atoms with Gasteiger partial charge in [-0.3, -0.25) is 0 Å². The second kappa shape index (κ2) is 3.24. The molecule has 15 heavy (non-hydrogen) atoms. The zero-order valence-electron chi connectivity index (χ0n) is 8.83. The van der Waals surface area contributed by atoms with E-state index >= 15 is 0 Å². The van der Waals surface area contributed by atoms with E-state index in [1.54, 1.807) is 0 Å². The predicted molar refractivity (Wildman–Crippen MR) is 58.1 cm³/mol. The second-order valence-electron chi connectivity index (χ2n) is 4.88. The molecule has 1 saturated carbocycles. The molecule has 2 nitrogen and oxygen atoms in total. The molecule has 80 valence electrons. The largest absolute Gasteiger partial charge is 0.493 e. The van der Waals surface area contributed by atoms with Crippen LogP contribution in [0.5, 0.6) is 5.75 Å². The highest BCUT2D eigenvalue weighted by Crippen LogP contribution is 2.48. The highest BCUT2D eigenvalue weighted by Gasteiger charge is 2.41. The van der Waals surface area contributed by atoms with E-state index in [0.29, 0.717) is 6.61 Å². The summed E-state index contributed by atoms with van der Waals surface area (Å²) in [6.07, 6.45) is 4.42. The number of aliphatic hydroxyl groups excluding tert-OH is 1. The highest BCUT2D eigenvalue weighted by atomic mass is 16.5. The van der Waals surface area contributed by atoms with E-state index < -0.39 is 0 Å². The molecule has 1 fully saturated rings. The molecule has 0 bridgehead atoms. The molecular weight excluding hydrogens is 188 g/mol. The van der Waals surface area contributed by atoms with Gasteiger partial charge in [0.05, 0.1) is 6.61 Å². The van der Waals surface area contributed by atoms with Crippen LogP contribution >= 0.6 is 0 Å². The van der Waals surface area contributed by atoms with Gasteiger partial charge in [0.1, 0.15) is 5.75 Å². The lowest BCUT2D eigenvalue weighted by Gasteiger charge is -2.11. The first kappa shape index (κ1) is 9.22. The topological polar surface area (TPSA) is 29.5 Å². The lowest BCUT2D eigenvalue weighted by Crippen LogP contribution is -2.10. The molecule has 1 aromatic carbocycles. The molecule has 1 aliphatic heterocycles. The molecule has 0 aromatic heterocycles. The van der Waals surface area contributed by atoms with Gasteiger partial charge in [-0.15, -0.1) is 0 Å². The van der Waals surface area contributed by atoms with Crippen LogP contribution in [0.1, 0.15) is 24.0 Å². The Morgan fingerprint density at radius 1 is 1.33 bits per heavy atom. The molecule has 2 aliphatic rings. The summed E-state index contributed by atoms with van der Waals surface area (Å²) in [4.78, 5) is 0. The van der Waals surface area contributed by atoms with Gasteiger partial charge in [-0.1, -0.05) is 12.1 Å². The first-order chi connectivity index (χ1) is 7.31. The van der Waals surface area contributed by atoms with Crippen LogP contribution in [0.2, 0.25) is 0 Å². The Bertz CT molecular complexity index is 380. The molecule has 0 spiro atoms. The highest BCUT2D eigenvalue weighted by molar-refractivity contribution is 5.40. The fraction of sp³-hybridized carbons (Fsp3) is 0.538. The monoisotopic (exact) mass is 204 g/mol. The Morgan fingerprint density at radius 3 is 2.93 bits per heavy atom. The van der Waals surface area contributed by atoms with Crippen LogP contribution in [-0.4, -0.2) is 18.3 Å². The van der Waals surface area contributed by atoms with E-state index in [0.717, 1.165) is 25.2 Å². The molecule has 3 rings (SSSR count). The summed E-state index contributed by atoms with van der Waals surface area (Å²) in [5.41, 5.74) is 2.90. The van der Waals surface area contributed by atoms with Crippen LogP contribution in [0.25, 0.3) is 0 Å². The Balaban J connectivity index is 1.81. The van der Waals surface area contributed by atoms with Crippen LogP contribution < -0.4 is 4.74 Å². The van der Waals surface area contributed by atoms with Crippen LogP contribution in [0, 0.1) is 5.41 Å². The predicted octanol–water partition coefficient (Wildman–Crippen LogP) is 1.94. The third-order valence-corrected chi connectivity index (χ3v) is 3.63. The summed E-state index contributed by atoms with van der Waals surface area (Å²) >= 11 is 0. The summed E-state index contributed by atoms with van der Waals surface area (Å²) in [5, 5.41) is 9.29. The minimum absolute atomic E-state index is 0.216. The summed E-state index contributed by atoms with van der Waals surface area (Å²) in [6, 6.07) is 6.46. The average molecular weight is 204 g/mol. The van der Waals surface area contributed by atoms with E-state index in [2.05, 4.69) is 18.2 Å². The second-order valence-corrected chi connectivity index (χ2v) is 4.88. The lowest BCUT2D eigenvalue weighted by atomic mass is 9.96. The van der Waals surface area contributed by atoms with Crippen LogP contribution in [0.3, 0.4) is 0 Å². The molecular formula is C13H16O2. The fourth-order valence-electron chi connectivity index (χ4n) is 2.35. The minimum Gasteiger partial charge on any atom is -0.493 e. The van der Waals surface area contributed by atoms with Crippen molar-refractivity contribution >= 4 is 0 Å². The van der Waals surface area contributed by atoms with Crippen molar-refractivity contribution in [3.8, 4) is 5.75 Å². The Morgan fingerprint density at radius 2 is 2.20 bits per heavy atom. The normalized spacial score (nSPS) is 20.9. The van der Waals surface area contributed by atoms with Gasteiger partial charge in [-0.25, -0.2) is 0 Å². The maximum Gasteiger partial charge on any atom is 0.122 e. The zero-order chi connectivity index (χ0) is 10.3. The van der Waals surface area contributed by atoms with Gasteiger partial charge in [0.2, 0.25) is 0 Å². The molecule has 1 heterocycles. The Labute approximate surface area is 89.9 Å². The molecule has 2 heteroatoms. The van der Waals surface area contributed by atoms with Gasteiger partial charge < -0.3 is 9.84 Å². The maximum atomic E-state index is 9.29. The third kappa shape index (κ3) is 1.63. The summed E-state index contributed by atoms with van der Waals surface area (Å²) in [7, 11) is 0. The Hall–Kier alpha value is -1.02. The molecule has 0 amide bonds. The van der Waals surface area contributed by atoms with Crippen LogP contribution in [0.15, 0.2) is 18.2 Å². The van der Waals surface area contributed by atoms with E-state index in [9.17, 15) is 5.11 Å². The molecule has 0 atom stereocenters. The van der Waals surface area contributed by atoms with E-state index in [1.807, 2.05) is 0 Å². The quantitative estimate of drug-likeness (QED) is 0.815. The van der Waals surface area contributed by atoms with E-state index in [-0.39, 0.29) is 5.41 Å². The maximum absolute atomic E-state index is 9.29. The number of ether oxygens (including phenoxy) is 1. The number of hydrogen-bond donors (Lipinski definition) is 1. The van der Waals surface area contributed by atoms with Crippen molar-refractivity contribution in [3.63, 3.8) is 0 Å². The third-order valence-electron chi connectivity index (χ3n) is 3.63. The van der Waals surface area contributed by atoms with Gasteiger partial charge in [-0.2, -0.15) is 0 Å². The van der Waals surface area contributed by atoms with E-state index in [1.165, 1.54) is 24.0 Å². The van der Waals surface area contributed by atoms with Crippen molar-refractivity contribution in [1.82, 2.24) is 0 Å². The van der Waals surface area contributed by atoms with Gasteiger partial charge in [-0.05, 0) is 41.9 Å². The number of hydrogen-bond acceptors (Lipinski definition) is 2. The number of benzene rings is 1. The van der Waals surface area contributed by atoms with Crippen molar-refractivity contribution in [1.29, 1.82) is 0 Å². The first-order valence-electron chi connectivity index (χ1n) is 5.67. The summed E-state index contributed by atoms with van der Waals surface area (Å²) in [6.45, 7) is 1.16. The molecule has 0 unspecified atom stereocenters. The lowest BCUT2D eigenvalue weighted by molar-refractivity contribution is 0.211. The average Bonchev–Trinajstić information content (AvgIpc) is 2.88. The van der Waals surface area contributed by atoms with Crippen molar-refractivity contribution < 1.29 is 9.84 Å². The van der Waals surface area contributed by atoms with Crippen LogP contribution in [-0.2, 0) is 12.8 Å². The van der Waals surface area contributed by atoms with Gasteiger partial charge in [0.25, 0.3) is 0 Å². The van der Waals surface area contributed by atoms with Crippen molar-refractivity contribution in [3.05, 3.63) is 29.3 Å². The molecule has 0 radical (unpaired) electrons. The SMILES string of the molecule is OCC1(Cc2ccc3c(c2)CCO3)CC1. The summed E-state index contributed by atoms with van der Waals surface area (Å²) in [5.74, 6) is 1.05. The fourth-order valence-corrected chi connectivity index (χ4v) is 2.35. The van der Waals surface area contributed by atoms with Gasteiger partial charge >= 0.3 is 0 Å². The number of aliphatic hydroxyl groups is 1. The first-order valence-corrected chi connectivity index (χ1v) is 5.67. The zero-order valence-corrected chi connectivity index (χ0v) is 8.83. The molecule has 1 aliphatic carbocycles. The molecule has 1 N–H and O–H groups in total. The standard InChI is InChI=1S/C13H16O2/c14-9-13(4-5-13)8-10-1-2-12-11(7-10)3-6-15-12/h1-2,7,14H,3-6,8-9H2. The smallest absolute Gasteiger partial charge is 0.122 e. The Kier molecular flexibility index (Phi) is 1.99.